The predicted molar refractivity (Wildman–Crippen MR) is 104 cm³/mol. The van der Waals surface area contributed by atoms with Gasteiger partial charge < -0.3 is 10.6 Å². The first-order valence-electron chi connectivity index (χ1n) is 7.55. The van der Waals surface area contributed by atoms with Crippen LogP contribution in [0.3, 0.4) is 0 Å². The molecule has 0 saturated heterocycles. The SMILES string of the molecule is CNC(C(=O)Nc1ccn(Cc2ccncc2)n1)c1cnn(C)c1.Cl.Cl. The van der Waals surface area contributed by atoms with Gasteiger partial charge in [0.25, 0.3) is 0 Å². The molecule has 1 unspecified atom stereocenters. The quantitative estimate of drug-likeness (QED) is 0.661. The van der Waals surface area contributed by atoms with Gasteiger partial charge in [-0.3, -0.25) is 19.1 Å². The third-order valence-corrected chi connectivity index (χ3v) is 3.59. The van der Waals surface area contributed by atoms with Gasteiger partial charge >= 0.3 is 0 Å². The number of amides is 1. The zero-order valence-corrected chi connectivity index (χ0v) is 16.0. The normalized spacial score (nSPS) is 11.2. The molecule has 3 heterocycles. The van der Waals surface area contributed by atoms with E-state index >= 15 is 0 Å². The first-order chi connectivity index (χ1) is 11.7. The predicted octanol–water partition coefficient (Wildman–Crippen LogP) is 1.80. The van der Waals surface area contributed by atoms with Crippen molar-refractivity contribution in [2.75, 3.05) is 12.4 Å². The van der Waals surface area contributed by atoms with E-state index in [0.717, 1.165) is 11.1 Å². The molecule has 0 aliphatic heterocycles. The van der Waals surface area contributed by atoms with E-state index in [9.17, 15) is 4.79 Å². The molecule has 140 valence electrons. The molecular formula is C16H21Cl2N7O. The Morgan fingerprint density at radius 3 is 2.58 bits per heavy atom. The fourth-order valence-electron chi connectivity index (χ4n) is 2.43. The number of rotatable bonds is 6. The second-order valence-electron chi connectivity index (χ2n) is 5.41. The Kier molecular flexibility index (Phi) is 8.24. The summed E-state index contributed by atoms with van der Waals surface area (Å²) in [4.78, 5) is 16.4. The van der Waals surface area contributed by atoms with Crippen LogP contribution in [0.15, 0.2) is 49.2 Å². The van der Waals surface area contributed by atoms with E-state index < -0.39 is 6.04 Å². The second-order valence-corrected chi connectivity index (χ2v) is 5.41. The average molecular weight is 398 g/mol. The van der Waals surface area contributed by atoms with Gasteiger partial charge in [0.15, 0.2) is 5.82 Å². The van der Waals surface area contributed by atoms with Crippen molar-refractivity contribution in [1.29, 1.82) is 0 Å². The summed E-state index contributed by atoms with van der Waals surface area (Å²) >= 11 is 0. The van der Waals surface area contributed by atoms with E-state index in [1.54, 1.807) is 41.1 Å². The Balaban J connectivity index is 0.00000169. The van der Waals surface area contributed by atoms with Crippen LogP contribution in [0.1, 0.15) is 17.2 Å². The Labute approximate surface area is 163 Å². The highest BCUT2D eigenvalue weighted by molar-refractivity contribution is 5.94. The second kappa shape index (κ2) is 9.91. The van der Waals surface area contributed by atoms with Gasteiger partial charge in [0.1, 0.15) is 6.04 Å². The van der Waals surface area contributed by atoms with Crippen molar-refractivity contribution in [2.45, 2.75) is 12.6 Å². The van der Waals surface area contributed by atoms with E-state index in [4.69, 9.17) is 0 Å². The van der Waals surface area contributed by atoms with E-state index in [0.29, 0.717) is 12.4 Å². The van der Waals surface area contributed by atoms with Crippen molar-refractivity contribution in [3.63, 3.8) is 0 Å². The van der Waals surface area contributed by atoms with E-state index in [1.807, 2.05) is 31.6 Å². The maximum absolute atomic E-state index is 12.5. The minimum atomic E-state index is -0.482. The Morgan fingerprint density at radius 2 is 1.96 bits per heavy atom. The lowest BCUT2D eigenvalue weighted by Crippen LogP contribution is -2.30. The number of hydrogen-bond acceptors (Lipinski definition) is 5. The van der Waals surface area contributed by atoms with Gasteiger partial charge in [-0.1, -0.05) is 0 Å². The molecule has 8 nitrogen and oxygen atoms in total. The largest absolute Gasteiger partial charge is 0.308 e. The van der Waals surface area contributed by atoms with Crippen LogP contribution in [0.2, 0.25) is 0 Å². The number of aromatic nitrogens is 5. The first-order valence-corrected chi connectivity index (χ1v) is 7.55. The van der Waals surface area contributed by atoms with Crippen LogP contribution in [-0.4, -0.2) is 37.5 Å². The summed E-state index contributed by atoms with van der Waals surface area (Å²) in [5.41, 5.74) is 1.89. The fraction of sp³-hybridized carbons (Fsp3) is 0.250. The Morgan fingerprint density at radius 1 is 1.23 bits per heavy atom. The molecular weight excluding hydrogens is 377 g/mol. The van der Waals surface area contributed by atoms with Crippen LogP contribution in [0.25, 0.3) is 0 Å². The van der Waals surface area contributed by atoms with Gasteiger partial charge in [-0.15, -0.1) is 24.8 Å². The van der Waals surface area contributed by atoms with Crippen LogP contribution in [0.4, 0.5) is 5.82 Å². The number of aryl methyl sites for hydroxylation is 1. The van der Waals surface area contributed by atoms with Gasteiger partial charge in [0.2, 0.25) is 5.91 Å². The van der Waals surface area contributed by atoms with Crippen LogP contribution in [0, 0.1) is 0 Å². The number of anilines is 1. The molecule has 0 radical (unpaired) electrons. The summed E-state index contributed by atoms with van der Waals surface area (Å²) in [7, 11) is 3.55. The molecule has 0 bridgehead atoms. The molecule has 1 amide bonds. The van der Waals surface area contributed by atoms with Crippen molar-refractivity contribution in [1.82, 2.24) is 29.9 Å². The van der Waals surface area contributed by atoms with Crippen molar-refractivity contribution in [2.24, 2.45) is 7.05 Å². The van der Waals surface area contributed by atoms with Crippen molar-refractivity contribution in [3.8, 4) is 0 Å². The number of nitrogens with zero attached hydrogens (tertiary/aromatic N) is 5. The molecule has 3 aromatic rings. The van der Waals surface area contributed by atoms with Crippen molar-refractivity contribution >= 4 is 36.5 Å². The lowest BCUT2D eigenvalue weighted by atomic mass is 10.1. The topological polar surface area (TPSA) is 89.7 Å². The zero-order valence-electron chi connectivity index (χ0n) is 14.4. The maximum atomic E-state index is 12.5. The number of carbonyl (C=O) groups is 1. The van der Waals surface area contributed by atoms with Gasteiger partial charge in [0, 0.05) is 43.5 Å². The van der Waals surface area contributed by atoms with Crippen LogP contribution in [-0.2, 0) is 18.4 Å². The number of pyridine rings is 1. The highest BCUT2D eigenvalue weighted by atomic mass is 35.5. The molecule has 3 aromatic heterocycles. The molecule has 10 heteroatoms. The summed E-state index contributed by atoms with van der Waals surface area (Å²) in [5, 5.41) is 14.3. The third kappa shape index (κ3) is 5.29. The maximum Gasteiger partial charge on any atom is 0.247 e. The lowest BCUT2D eigenvalue weighted by Gasteiger charge is -2.13. The van der Waals surface area contributed by atoms with E-state index in [2.05, 4.69) is 25.8 Å². The molecule has 0 saturated carbocycles. The number of carbonyl (C=O) groups excluding carboxylic acids is 1. The number of hydrogen-bond donors (Lipinski definition) is 2. The molecule has 0 spiro atoms. The smallest absolute Gasteiger partial charge is 0.247 e. The highest BCUT2D eigenvalue weighted by Crippen LogP contribution is 2.14. The number of nitrogens with one attached hydrogen (secondary N) is 2. The van der Waals surface area contributed by atoms with Gasteiger partial charge in [-0.25, -0.2) is 0 Å². The van der Waals surface area contributed by atoms with Gasteiger partial charge in [0.05, 0.1) is 12.7 Å². The third-order valence-electron chi connectivity index (χ3n) is 3.59. The lowest BCUT2D eigenvalue weighted by molar-refractivity contribution is -0.118. The number of halogens is 2. The van der Waals surface area contributed by atoms with Crippen molar-refractivity contribution in [3.05, 3.63) is 60.3 Å². The first kappa shape index (κ1) is 21.6. The summed E-state index contributed by atoms with van der Waals surface area (Å²) in [6.07, 6.45) is 8.79. The Bertz CT molecular complexity index is 819. The van der Waals surface area contributed by atoms with Crippen LogP contribution < -0.4 is 10.6 Å². The minimum absolute atomic E-state index is 0. The van der Waals surface area contributed by atoms with Gasteiger partial charge in [-0.2, -0.15) is 10.2 Å². The Hall–Kier alpha value is -2.42. The summed E-state index contributed by atoms with van der Waals surface area (Å²) in [5.74, 6) is 0.331. The molecule has 2 N–H and O–H groups in total. The average Bonchev–Trinajstić information content (AvgIpc) is 3.18. The summed E-state index contributed by atoms with van der Waals surface area (Å²) in [6.45, 7) is 0.621. The van der Waals surface area contributed by atoms with E-state index in [1.165, 1.54) is 0 Å². The fourth-order valence-corrected chi connectivity index (χ4v) is 2.43. The molecule has 26 heavy (non-hydrogen) atoms. The van der Waals surface area contributed by atoms with E-state index in [-0.39, 0.29) is 30.7 Å². The van der Waals surface area contributed by atoms with Crippen molar-refractivity contribution < 1.29 is 4.79 Å². The van der Waals surface area contributed by atoms with Crippen LogP contribution in [0.5, 0.6) is 0 Å². The highest BCUT2D eigenvalue weighted by Gasteiger charge is 2.20. The molecule has 1 atom stereocenters. The molecule has 0 aromatic carbocycles. The van der Waals surface area contributed by atoms with Gasteiger partial charge in [-0.05, 0) is 24.7 Å². The molecule has 0 aliphatic rings. The van der Waals surface area contributed by atoms with Crippen LogP contribution >= 0.6 is 24.8 Å². The zero-order chi connectivity index (χ0) is 16.9. The summed E-state index contributed by atoms with van der Waals surface area (Å²) < 4.78 is 3.43. The summed E-state index contributed by atoms with van der Waals surface area (Å²) in [6, 6.07) is 5.15. The minimum Gasteiger partial charge on any atom is -0.308 e. The molecule has 0 aliphatic carbocycles. The number of likely N-dealkylation sites (N-methyl/N-ethyl adjacent to an activating group) is 1. The molecule has 0 fully saturated rings. The molecule has 3 rings (SSSR count). The standard InChI is InChI=1S/C16H19N7O.2ClH/c1-17-15(13-9-19-22(2)11-13)16(24)20-14-5-8-23(21-14)10-12-3-6-18-7-4-12;;/h3-9,11,15,17H,10H2,1-2H3,(H,20,21,24);2*1H. The monoisotopic (exact) mass is 397 g/mol.